The first-order valence-electron chi connectivity index (χ1n) is 7.51. The van der Waals surface area contributed by atoms with Crippen molar-refractivity contribution in [3.8, 4) is 11.6 Å². The Morgan fingerprint density at radius 3 is 2.29 bits per heavy atom. The summed E-state index contributed by atoms with van der Waals surface area (Å²) in [6.45, 7) is 3.95. The monoisotopic (exact) mass is 422 g/mol. The van der Waals surface area contributed by atoms with E-state index in [1.807, 2.05) is 32.0 Å². The third-order valence-corrected chi connectivity index (χ3v) is 3.41. The van der Waals surface area contributed by atoms with Crippen LogP contribution >= 0.6 is 11.6 Å². The number of hydrogen-bond acceptors (Lipinski definition) is 4. The minimum absolute atomic E-state index is 0.344. The zero-order valence-electron chi connectivity index (χ0n) is 14.6. The Hall–Kier alpha value is -2.88. The topological polar surface area (TPSA) is 88.5 Å². The summed E-state index contributed by atoms with van der Waals surface area (Å²) < 4.78 is 49.9. The molecule has 0 aliphatic carbocycles. The van der Waals surface area contributed by atoms with Crippen molar-refractivity contribution in [2.75, 3.05) is 5.32 Å². The molecule has 0 aliphatic heterocycles. The van der Waals surface area contributed by atoms with Crippen molar-refractivity contribution in [3.05, 3.63) is 47.7 Å². The van der Waals surface area contributed by atoms with Crippen LogP contribution in [0.25, 0.3) is 0 Å². The number of pyridine rings is 1. The number of hydrogen-bond donors (Lipinski definition) is 2. The molecule has 0 fully saturated rings. The molecule has 0 saturated carbocycles. The molecule has 11 heteroatoms. The number of aryl methyl sites for hydroxylation is 1. The molecule has 1 atom stereocenters. The number of halogens is 5. The predicted molar refractivity (Wildman–Crippen MR) is 93.3 cm³/mol. The fourth-order valence-electron chi connectivity index (χ4n) is 1.66. The maximum atomic E-state index is 12.5. The van der Waals surface area contributed by atoms with E-state index in [0.717, 1.165) is 11.1 Å². The van der Waals surface area contributed by atoms with E-state index < -0.39 is 23.7 Å². The van der Waals surface area contributed by atoms with E-state index in [-0.39, 0.29) is 0 Å². The summed E-state index contributed by atoms with van der Waals surface area (Å²) >= 11 is 5.03. The molecule has 2 N–H and O–H groups in total. The van der Waals surface area contributed by atoms with Crippen LogP contribution in [-0.4, -0.2) is 33.8 Å². The van der Waals surface area contributed by atoms with Gasteiger partial charge in [-0.15, -0.1) is 0 Å². The Morgan fingerprint density at radius 2 is 1.82 bits per heavy atom. The standard InChI is InChI=1S/C15H14ClFN2O2.C2HF3O2/c1-9-4-3-5-12(10(9)2)21-13-7-6-11(8-18-13)19-15(20)14(16)17;3-2(4,5)1(6)7/h3-8,14H,1-2H3,(H,19,20);(H,6,7). The van der Waals surface area contributed by atoms with E-state index in [9.17, 15) is 22.4 Å². The molecule has 2 rings (SSSR count). The van der Waals surface area contributed by atoms with Gasteiger partial charge in [-0.25, -0.2) is 14.2 Å². The van der Waals surface area contributed by atoms with Crippen LogP contribution < -0.4 is 10.1 Å². The van der Waals surface area contributed by atoms with Crippen molar-refractivity contribution in [2.24, 2.45) is 0 Å². The first-order chi connectivity index (χ1) is 12.9. The molecule has 1 amide bonds. The SMILES string of the molecule is Cc1cccc(Oc2ccc(NC(=O)C(F)Cl)cn2)c1C.O=C(O)C(F)(F)F. The van der Waals surface area contributed by atoms with Crippen molar-refractivity contribution in [3.63, 3.8) is 0 Å². The fraction of sp³-hybridized carbons (Fsp3) is 0.235. The van der Waals surface area contributed by atoms with Crippen LogP contribution in [0.4, 0.5) is 23.2 Å². The summed E-state index contributed by atoms with van der Waals surface area (Å²) in [5, 5.41) is 9.41. The van der Waals surface area contributed by atoms with Gasteiger partial charge < -0.3 is 15.2 Å². The van der Waals surface area contributed by atoms with Gasteiger partial charge in [-0.1, -0.05) is 23.7 Å². The normalized spacial score (nSPS) is 11.7. The quantitative estimate of drug-likeness (QED) is 0.555. The highest BCUT2D eigenvalue weighted by atomic mass is 35.5. The zero-order valence-corrected chi connectivity index (χ0v) is 15.3. The van der Waals surface area contributed by atoms with E-state index in [1.165, 1.54) is 6.20 Å². The van der Waals surface area contributed by atoms with Crippen molar-refractivity contribution >= 4 is 29.2 Å². The maximum Gasteiger partial charge on any atom is 0.490 e. The Balaban J connectivity index is 0.000000480. The number of nitrogens with zero attached hydrogens (tertiary/aromatic N) is 1. The van der Waals surface area contributed by atoms with Crippen molar-refractivity contribution < 1.29 is 37.0 Å². The number of carbonyl (C=O) groups is 2. The number of aliphatic carboxylic acids is 1. The van der Waals surface area contributed by atoms with Crippen LogP contribution in [0.3, 0.4) is 0 Å². The van der Waals surface area contributed by atoms with Gasteiger partial charge in [-0.2, -0.15) is 13.2 Å². The van der Waals surface area contributed by atoms with Gasteiger partial charge in [0.2, 0.25) is 5.88 Å². The molecule has 28 heavy (non-hydrogen) atoms. The zero-order chi connectivity index (χ0) is 21.5. The molecule has 1 unspecified atom stereocenters. The van der Waals surface area contributed by atoms with Gasteiger partial charge in [-0.05, 0) is 37.1 Å². The van der Waals surface area contributed by atoms with Crippen LogP contribution in [0.15, 0.2) is 36.5 Å². The lowest BCUT2D eigenvalue weighted by Gasteiger charge is -2.10. The number of carboxylic acid groups (broad SMARTS) is 1. The van der Waals surface area contributed by atoms with Gasteiger partial charge in [0, 0.05) is 6.07 Å². The van der Waals surface area contributed by atoms with E-state index in [1.54, 1.807) is 12.1 Å². The van der Waals surface area contributed by atoms with Crippen molar-refractivity contribution in [1.29, 1.82) is 0 Å². The van der Waals surface area contributed by atoms with E-state index in [0.29, 0.717) is 17.3 Å². The summed E-state index contributed by atoms with van der Waals surface area (Å²) in [5.41, 5.74) is 0.402. The molecule has 1 aromatic carbocycles. The van der Waals surface area contributed by atoms with Crippen molar-refractivity contribution in [2.45, 2.75) is 25.7 Å². The number of rotatable bonds is 4. The van der Waals surface area contributed by atoms with Crippen LogP contribution in [0.5, 0.6) is 11.6 Å². The van der Waals surface area contributed by atoms with E-state index in [4.69, 9.17) is 26.2 Å². The number of anilines is 1. The number of benzene rings is 1. The molecule has 0 radical (unpaired) electrons. The summed E-state index contributed by atoms with van der Waals surface area (Å²) in [6, 6.07) is 8.88. The van der Waals surface area contributed by atoms with Gasteiger partial charge in [0.15, 0.2) is 0 Å². The van der Waals surface area contributed by atoms with Gasteiger partial charge in [0.05, 0.1) is 11.9 Å². The van der Waals surface area contributed by atoms with Crippen LogP contribution in [0, 0.1) is 13.8 Å². The lowest BCUT2D eigenvalue weighted by atomic mass is 10.1. The second-order valence-electron chi connectivity index (χ2n) is 5.28. The molecular formula is C17H15ClF4N2O4. The van der Waals surface area contributed by atoms with Gasteiger partial charge >= 0.3 is 12.1 Å². The Morgan fingerprint density at radius 1 is 1.21 bits per heavy atom. The smallest absolute Gasteiger partial charge is 0.475 e. The van der Waals surface area contributed by atoms with Gasteiger partial charge in [0.25, 0.3) is 11.5 Å². The number of alkyl halides is 5. The molecule has 0 bridgehead atoms. The second kappa shape index (κ2) is 9.88. The summed E-state index contributed by atoms with van der Waals surface area (Å²) in [4.78, 5) is 24.0. The molecule has 0 aliphatic rings. The summed E-state index contributed by atoms with van der Waals surface area (Å²) in [7, 11) is 0. The largest absolute Gasteiger partial charge is 0.490 e. The van der Waals surface area contributed by atoms with Crippen LogP contribution in [0.1, 0.15) is 11.1 Å². The number of nitrogens with one attached hydrogen (secondary N) is 1. The highest BCUT2D eigenvalue weighted by Crippen LogP contribution is 2.26. The number of carboxylic acids is 1. The number of ether oxygens (including phenoxy) is 1. The first kappa shape index (κ1) is 23.2. The molecule has 0 spiro atoms. The Bertz CT molecular complexity index is 827. The summed E-state index contributed by atoms with van der Waals surface area (Å²) in [5.74, 6) is -2.59. The minimum Gasteiger partial charge on any atom is -0.475 e. The van der Waals surface area contributed by atoms with Gasteiger partial charge in [-0.3, -0.25) is 4.79 Å². The van der Waals surface area contributed by atoms with E-state index in [2.05, 4.69) is 10.3 Å². The fourth-order valence-corrected chi connectivity index (χ4v) is 1.71. The average molecular weight is 423 g/mol. The van der Waals surface area contributed by atoms with Crippen LogP contribution in [-0.2, 0) is 9.59 Å². The molecule has 1 aromatic heterocycles. The lowest BCUT2D eigenvalue weighted by Crippen LogP contribution is -2.21. The van der Waals surface area contributed by atoms with Crippen molar-refractivity contribution in [1.82, 2.24) is 4.98 Å². The number of carbonyl (C=O) groups excluding carboxylic acids is 1. The third-order valence-electron chi connectivity index (χ3n) is 3.21. The molecule has 0 saturated heterocycles. The van der Waals surface area contributed by atoms with E-state index >= 15 is 0 Å². The predicted octanol–water partition coefficient (Wildman–Crippen LogP) is 4.60. The third kappa shape index (κ3) is 7.39. The highest BCUT2D eigenvalue weighted by Gasteiger charge is 2.38. The Kier molecular flexibility index (Phi) is 8.17. The number of amides is 1. The molecule has 6 nitrogen and oxygen atoms in total. The van der Waals surface area contributed by atoms with Gasteiger partial charge in [0.1, 0.15) is 5.75 Å². The Labute approximate surface area is 162 Å². The molecular weight excluding hydrogens is 408 g/mol. The van der Waals surface area contributed by atoms with Crippen LogP contribution in [0.2, 0.25) is 0 Å². The number of aromatic nitrogens is 1. The average Bonchev–Trinajstić information content (AvgIpc) is 2.60. The second-order valence-corrected chi connectivity index (χ2v) is 5.66. The molecule has 1 heterocycles. The maximum absolute atomic E-state index is 12.5. The minimum atomic E-state index is -5.08. The lowest BCUT2D eigenvalue weighted by molar-refractivity contribution is -0.192. The molecule has 152 valence electrons. The first-order valence-corrected chi connectivity index (χ1v) is 7.94. The summed E-state index contributed by atoms with van der Waals surface area (Å²) in [6.07, 6.45) is -3.71. The highest BCUT2D eigenvalue weighted by molar-refractivity contribution is 6.31. The molecule has 2 aromatic rings.